The van der Waals surface area contributed by atoms with Crippen LogP contribution in [0.15, 0.2) is 65.2 Å². The van der Waals surface area contributed by atoms with Crippen LogP contribution in [-0.2, 0) is 0 Å². The Morgan fingerprint density at radius 3 is 2.52 bits per heavy atom. The molecule has 1 aromatic carbocycles. The zero-order valence-electron chi connectivity index (χ0n) is 15.0. The van der Waals surface area contributed by atoms with Crippen LogP contribution in [0.25, 0.3) is 16.3 Å². The molecule has 27 heavy (non-hydrogen) atoms. The number of nitrogens with zero attached hydrogens (tertiary/aromatic N) is 5. The predicted molar refractivity (Wildman–Crippen MR) is 110 cm³/mol. The quantitative estimate of drug-likeness (QED) is 0.414. The molecule has 1 N–H and O–H groups in total. The number of benzene rings is 1. The summed E-state index contributed by atoms with van der Waals surface area (Å²) >= 11 is 1.64. The lowest BCUT2D eigenvalue weighted by Crippen LogP contribution is -1.99. The molecule has 6 nitrogen and oxygen atoms in total. The van der Waals surface area contributed by atoms with Crippen LogP contribution >= 0.6 is 11.3 Å². The van der Waals surface area contributed by atoms with Gasteiger partial charge < -0.3 is 0 Å². The largest absolute Gasteiger partial charge is 0.245 e. The van der Waals surface area contributed by atoms with Gasteiger partial charge >= 0.3 is 0 Å². The van der Waals surface area contributed by atoms with Crippen molar-refractivity contribution in [2.45, 2.75) is 13.8 Å². The lowest BCUT2D eigenvalue weighted by Gasteiger charge is -2.01. The molecule has 0 radical (unpaired) electrons. The fourth-order valence-electron chi connectivity index (χ4n) is 2.75. The number of anilines is 1. The second-order valence-electron chi connectivity index (χ2n) is 6.04. The van der Waals surface area contributed by atoms with Gasteiger partial charge in [0, 0.05) is 28.7 Å². The summed E-state index contributed by atoms with van der Waals surface area (Å²) in [6.07, 6.45) is 3.72. The van der Waals surface area contributed by atoms with E-state index in [1.54, 1.807) is 17.6 Å². The number of aryl methyl sites for hydroxylation is 2. The molecule has 4 aromatic rings. The zero-order valence-corrected chi connectivity index (χ0v) is 15.8. The lowest BCUT2D eigenvalue weighted by atomic mass is 10.1. The Labute approximate surface area is 161 Å². The molecule has 134 valence electrons. The van der Waals surface area contributed by atoms with Crippen molar-refractivity contribution in [2.75, 3.05) is 5.43 Å². The van der Waals surface area contributed by atoms with Crippen molar-refractivity contribution in [3.8, 4) is 16.3 Å². The van der Waals surface area contributed by atoms with E-state index >= 15 is 0 Å². The second-order valence-corrected chi connectivity index (χ2v) is 6.97. The van der Waals surface area contributed by atoms with Crippen molar-refractivity contribution in [2.24, 2.45) is 5.10 Å². The van der Waals surface area contributed by atoms with Crippen molar-refractivity contribution in [3.63, 3.8) is 0 Å². The number of aromatic nitrogens is 4. The van der Waals surface area contributed by atoms with Gasteiger partial charge in [-0.3, -0.25) is 0 Å². The molecule has 0 unspecified atom stereocenters. The third-order valence-electron chi connectivity index (χ3n) is 3.87. The Kier molecular flexibility index (Phi) is 4.76. The molecule has 0 saturated carbocycles. The minimum absolute atomic E-state index is 0.482. The fraction of sp³-hybridized carbons (Fsp3) is 0.100. The van der Waals surface area contributed by atoms with Crippen LogP contribution in [0, 0.1) is 13.8 Å². The van der Waals surface area contributed by atoms with Gasteiger partial charge in [0.1, 0.15) is 10.7 Å². The molecule has 0 bridgehead atoms. The molecular formula is C20H18N6S. The second kappa shape index (κ2) is 7.51. The highest BCUT2D eigenvalue weighted by molar-refractivity contribution is 7.12. The first-order valence-corrected chi connectivity index (χ1v) is 9.37. The number of rotatable bonds is 5. The molecular weight excluding hydrogens is 356 g/mol. The Balaban J connectivity index is 1.66. The Hall–Kier alpha value is -3.32. The van der Waals surface area contributed by atoms with Crippen molar-refractivity contribution in [3.05, 3.63) is 77.1 Å². The van der Waals surface area contributed by atoms with Gasteiger partial charge in [0.25, 0.3) is 0 Å². The third kappa shape index (κ3) is 3.93. The van der Waals surface area contributed by atoms with Gasteiger partial charge in [-0.25, -0.2) is 20.1 Å². The van der Waals surface area contributed by atoms with Gasteiger partial charge in [-0.15, -0.1) is 11.3 Å². The van der Waals surface area contributed by atoms with E-state index in [1.807, 2.05) is 78.6 Å². The molecule has 0 spiro atoms. The predicted octanol–water partition coefficient (Wildman–Crippen LogP) is 4.45. The Bertz CT molecular complexity index is 1050. The molecule has 0 aliphatic rings. The minimum Gasteiger partial charge on any atom is -0.245 e. The average Bonchev–Trinajstić information content (AvgIpc) is 3.31. The van der Waals surface area contributed by atoms with E-state index in [0.29, 0.717) is 5.95 Å². The highest BCUT2D eigenvalue weighted by Gasteiger charge is 2.11. The van der Waals surface area contributed by atoms with E-state index in [-0.39, 0.29) is 0 Å². The van der Waals surface area contributed by atoms with Crippen LogP contribution in [-0.4, -0.2) is 26.0 Å². The molecule has 0 fully saturated rings. The molecule has 0 atom stereocenters. The van der Waals surface area contributed by atoms with Gasteiger partial charge in [-0.2, -0.15) is 10.2 Å². The van der Waals surface area contributed by atoms with Crippen LogP contribution < -0.4 is 5.43 Å². The topological polar surface area (TPSA) is 68.0 Å². The van der Waals surface area contributed by atoms with E-state index in [1.165, 1.54) is 0 Å². The highest BCUT2D eigenvalue weighted by Crippen LogP contribution is 2.24. The minimum atomic E-state index is 0.482. The fourth-order valence-corrected chi connectivity index (χ4v) is 3.41. The summed E-state index contributed by atoms with van der Waals surface area (Å²) in [6.45, 7) is 3.87. The van der Waals surface area contributed by atoms with Gasteiger partial charge in [0.05, 0.1) is 6.21 Å². The molecule has 0 saturated heterocycles. The van der Waals surface area contributed by atoms with Gasteiger partial charge in [0.15, 0.2) is 0 Å². The average molecular weight is 374 g/mol. The maximum atomic E-state index is 4.75. The van der Waals surface area contributed by atoms with Crippen LogP contribution in [0.2, 0.25) is 0 Å². The number of hydrazone groups is 1. The SMILES string of the molecule is Cc1cc(C)nc(N/N=C/c2cn(-c3cccs3)nc2-c2ccccc2)n1. The summed E-state index contributed by atoms with van der Waals surface area (Å²) in [5.74, 6) is 0.482. The first-order valence-electron chi connectivity index (χ1n) is 8.49. The van der Waals surface area contributed by atoms with Gasteiger partial charge in [-0.05, 0) is 37.4 Å². The molecule has 0 aliphatic heterocycles. The molecule has 0 aliphatic carbocycles. The van der Waals surface area contributed by atoms with E-state index < -0.39 is 0 Å². The first kappa shape index (κ1) is 17.1. The van der Waals surface area contributed by atoms with Crippen molar-refractivity contribution >= 4 is 23.5 Å². The number of thiophene rings is 1. The zero-order chi connectivity index (χ0) is 18.6. The summed E-state index contributed by atoms with van der Waals surface area (Å²) in [5, 5.41) is 12.2. The molecule has 3 aromatic heterocycles. The summed E-state index contributed by atoms with van der Waals surface area (Å²) in [5.41, 5.74) is 7.53. The highest BCUT2D eigenvalue weighted by atomic mass is 32.1. The van der Waals surface area contributed by atoms with Crippen LogP contribution in [0.1, 0.15) is 17.0 Å². The van der Waals surface area contributed by atoms with Crippen molar-refractivity contribution in [1.29, 1.82) is 0 Å². The maximum Gasteiger partial charge on any atom is 0.243 e. The van der Waals surface area contributed by atoms with Crippen LogP contribution in [0.5, 0.6) is 0 Å². The summed E-state index contributed by atoms with van der Waals surface area (Å²) in [6, 6.07) is 16.0. The number of nitrogens with one attached hydrogen (secondary N) is 1. The smallest absolute Gasteiger partial charge is 0.243 e. The Morgan fingerprint density at radius 2 is 1.81 bits per heavy atom. The molecule has 3 heterocycles. The standard InChI is InChI=1S/C20H18N6S/c1-14-11-15(2)23-20(22-14)24-21-12-17-13-26(18-9-6-10-27-18)25-19(17)16-7-4-3-5-8-16/h3-13H,1-2H3,(H,22,23,24)/b21-12+. The Morgan fingerprint density at radius 1 is 1.04 bits per heavy atom. The van der Waals surface area contributed by atoms with Gasteiger partial charge in [0.2, 0.25) is 5.95 Å². The number of hydrogen-bond donors (Lipinski definition) is 1. The third-order valence-corrected chi connectivity index (χ3v) is 4.73. The summed E-state index contributed by atoms with van der Waals surface area (Å²) in [4.78, 5) is 8.67. The molecule has 4 rings (SSSR count). The molecule has 7 heteroatoms. The van der Waals surface area contributed by atoms with Crippen molar-refractivity contribution < 1.29 is 0 Å². The van der Waals surface area contributed by atoms with E-state index in [2.05, 4.69) is 20.5 Å². The van der Waals surface area contributed by atoms with Crippen LogP contribution in [0.3, 0.4) is 0 Å². The normalized spacial score (nSPS) is 11.2. The van der Waals surface area contributed by atoms with Gasteiger partial charge in [-0.1, -0.05) is 30.3 Å². The number of hydrogen-bond acceptors (Lipinski definition) is 6. The van der Waals surface area contributed by atoms with E-state index in [9.17, 15) is 0 Å². The lowest BCUT2D eigenvalue weighted by molar-refractivity contribution is 0.901. The first-order chi connectivity index (χ1) is 13.2. The summed E-state index contributed by atoms with van der Waals surface area (Å²) < 4.78 is 1.88. The summed E-state index contributed by atoms with van der Waals surface area (Å²) in [7, 11) is 0. The van der Waals surface area contributed by atoms with Crippen molar-refractivity contribution in [1.82, 2.24) is 19.7 Å². The monoisotopic (exact) mass is 374 g/mol. The maximum absolute atomic E-state index is 4.75. The van der Waals surface area contributed by atoms with E-state index in [0.717, 1.165) is 33.2 Å². The molecule has 0 amide bonds. The van der Waals surface area contributed by atoms with E-state index in [4.69, 9.17) is 5.10 Å². The van der Waals surface area contributed by atoms with Crippen LogP contribution in [0.4, 0.5) is 5.95 Å².